The van der Waals surface area contributed by atoms with Gasteiger partial charge in [0.2, 0.25) is 0 Å². The Bertz CT molecular complexity index is 706. The van der Waals surface area contributed by atoms with E-state index < -0.39 is 11.6 Å². The van der Waals surface area contributed by atoms with E-state index in [-0.39, 0.29) is 11.0 Å². The van der Waals surface area contributed by atoms with E-state index in [9.17, 15) is 9.59 Å². The fraction of sp³-hybridized carbons (Fsp3) is 0.500. The number of carbonyl (C=O) groups is 2. The summed E-state index contributed by atoms with van der Waals surface area (Å²) in [4.78, 5) is 25.1. The minimum Gasteiger partial charge on any atom is -0.331 e. The molecule has 0 bridgehead atoms. The zero-order valence-corrected chi connectivity index (χ0v) is 15.6. The van der Waals surface area contributed by atoms with Gasteiger partial charge >= 0.3 is 6.03 Å². The van der Waals surface area contributed by atoms with Crippen LogP contribution < -0.4 is 16.1 Å². The number of anilines is 1. The van der Waals surface area contributed by atoms with Crippen LogP contribution in [0.2, 0.25) is 0 Å². The van der Waals surface area contributed by atoms with Gasteiger partial charge < -0.3 is 10.6 Å². The second-order valence-corrected chi connectivity index (χ2v) is 7.69. The van der Waals surface area contributed by atoms with E-state index >= 15 is 0 Å². The quantitative estimate of drug-likeness (QED) is 0.558. The van der Waals surface area contributed by atoms with E-state index in [4.69, 9.17) is 12.2 Å². The summed E-state index contributed by atoms with van der Waals surface area (Å²) in [5.74, 6) is 0.346. The van der Waals surface area contributed by atoms with Gasteiger partial charge in [-0.3, -0.25) is 10.2 Å². The maximum atomic E-state index is 12.8. The van der Waals surface area contributed by atoms with E-state index in [0.29, 0.717) is 18.8 Å². The predicted molar refractivity (Wildman–Crippen MR) is 101 cm³/mol. The lowest BCUT2D eigenvalue weighted by molar-refractivity contribution is -0.133. The van der Waals surface area contributed by atoms with Crippen LogP contribution in [-0.2, 0) is 4.79 Å². The third-order valence-corrected chi connectivity index (χ3v) is 5.18. The summed E-state index contributed by atoms with van der Waals surface area (Å²) in [6.45, 7) is 6.17. The lowest BCUT2D eigenvalue weighted by atomic mass is 9.77. The summed E-state index contributed by atoms with van der Waals surface area (Å²) < 4.78 is 0. The number of hydrogen-bond acceptors (Lipinski definition) is 3. The van der Waals surface area contributed by atoms with Crippen LogP contribution in [-0.4, -0.2) is 27.6 Å². The summed E-state index contributed by atoms with van der Waals surface area (Å²) in [7, 11) is 0. The summed E-state index contributed by atoms with van der Waals surface area (Å²) in [6.07, 6.45) is 3.22. The van der Waals surface area contributed by atoms with Crippen LogP contribution in [0.1, 0.15) is 43.7 Å². The fourth-order valence-corrected chi connectivity index (χ4v) is 3.83. The zero-order chi connectivity index (χ0) is 18.2. The third-order valence-electron chi connectivity index (χ3n) is 4.98. The number of thiocarbonyl (C=S) groups is 1. The molecule has 134 valence electrons. The summed E-state index contributed by atoms with van der Waals surface area (Å²) in [5.41, 5.74) is 5.01. The molecule has 3 N–H and O–H groups in total. The molecule has 25 heavy (non-hydrogen) atoms. The number of nitrogens with one attached hydrogen (secondary N) is 3. The highest BCUT2D eigenvalue weighted by Crippen LogP contribution is 2.35. The van der Waals surface area contributed by atoms with E-state index in [1.807, 2.05) is 26.0 Å². The van der Waals surface area contributed by atoms with Crippen LogP contribution in [0.25, 0.3) is 0 Å². The van der Waals surface area contributed by atoms with Crippen molar-refractivity contribution in [3.05, 3.63) is 29.3 Å². The topological polar surface area (TPSA) is 73.5 Å². The van der Waals surface area contributed by atoms with Crippen LogP contribution in [0.3, 0.4) is 0 Å². The van der Waals surface area contributed by atoms with Crippen molar-refractivity contribution in [1.82, 2.24) is 15.8 Å². The summed E-state index contributed by atoms with van der Waals surface area (Å²) in [5, 5.41) is 7.13. The smallest absolute Gasteiger partial charge is 0.331 e. The number of urea groups is 1. The molecule has 1 spiro atoms. The minimum absolute atomic E-state index is 0.217. The maximum absolute atomic E-state index is 12.8. The number of benzene rings is 1. The van der Waals surface area contributed by atoms with Gasteiger partial charge in [0.1, 0.15) is 5.54 Å². The number of rotatable bonds is 2. The first-order valence-corrected chi connectivity index (χ1v) is 9.02. The molecule has 1 heterocycles. The van der Waals surface area contributed by atoms with Gasteiger partial charge in [0.05, 0.1) is 0 Å². The third kappa shape index (κ3) is 3.61. The number of aryl methyl sites for hydroxylation is 2. The molecule has 6 nitrogen and oxygen atoms in total. The van der Waals surface area contributed by atoms with Crippen LogP contribution in [0, 0.1) is 19.8 Å². The molecular weight excluding hydrogens is 336 g/mol. The van der Waals surface area contributed by atoms with Crippen LogP contribution in [0.15, 0.2) is 18.2 Å². The number of hydrogen-bond donors (Lipinski definition) is 3. The lowest BCUT2D eigenvalue weighted by Crippen LogP contribution is -2.52. The molecule has 1 aliphatic carbocycles. The van der Waals surface area contributed by atoms with Crippen molar-refractivity contribution in [1.29, 1.82) is 0 Å². The van der Waals surface area contributed by atoms with Crippen molar-refractivity contribution in [2.45, 2.75) is 52.0 Å². The molecule has 3 amide bonds. The lowest BCUT2D eigenvalue weighted by Gasteiger charge is -2.33. The predicted octanol–water partition coefficient (Wildman–Crippen LogP) is 3.01. The Balaban J connectivity index is 1.67. The van der Waals surface area contributed by atoms with Gasteiger partial charge in [-0.2, -0.15) is 5.01 Å². The second kappa shape index (κ2) is 6.63. The molecule has 7 heteroatoms. The maximum Gasteiger partial charge on any atom is 0.344 e. The number of imide groups is 1. The van der Waals surface area contributed by atoms with Crippen molar-refractivity contribution in [2.24, 2.45) is 5.92 Å². The van der Waals surface area contributed by atoms with Crippen LogP contribution in [0.4, 0.5) is 10.5 Å². The number of carbonyl (C=O) groups excluding carboxylic acids is 2. The molecule has 1 aromatic carbocycles. The highest BCUT2D eigenvalue weighted by molar-refractivity contribution is 7.80. The van der Waals surface area contributed by atoms with Crippen molar-refractivity contribution in [3.63, 3.8) is 0 Å². The SMILES string of the molecule is Cc1cc(C)cc(NC(=S)NN2C(=O)NC3(CCC(C)CC3)C2=O)c1. The number of nitrogens with zero attached hydrogens (tertiary/aromatic N) is 1. The molecular formula is C18H24N4O2S. The monoisotopic (exact) mass is 360 g/mol. The Kier molecular flexibility index (Phi) is 4.69. The Morgan fingerprint density at radius 3 is 2.40 bits per heavy atom. The molecule has 0 unspecified atom stereocenters. The summed E-state index contributed by atoms with van der Waals surface area (Å²) in [6, 6.07) is 5.53. The Morgan fingerprint density at radius 1 is 1.20 bits per heavy atom. The van der Waals surface area contributed by atoms with Crippen LogP contribution >= 0.6 is 12.2 Å². The van der Waals surface area contributed by atoms with E-state index in [2.05, 4.69) is 29.0 Å². The minimum atomic E-state index is -0.772. The fourth-order valence-electron chi connectivity index (χ4n) is 3.62. The molecule has 1 saturated carbocycles. The van der Waals surface area contributed by atoms with E-state index in [1.54, 1.807) is 0 Å². The van der Waals surface area contributed by atoms with Crippen molar-refractivity contribution < 1.29 is 9.59 Å². The van der Waals surface area contributed by atoms with Gasteiger partial charge in [-0.1, -0.05) is 13.0 Å². The first-order chi connectivity index (χ1) is 11.8. The second-order valence-electron chi connectivity index (χ2n) is 7.28. The normalized spacial score (nSPS) is 25.9. The molecule has 2 aliphatic rings. The number of amides is 3. The molecule has 1 aliphatic heterocycles. The molecule has 0 atom stereocenters. The highest BCUT2D eigenvalue weighted by Gasteiger charge is 2.52. The van der Waals surface area contributed by atoms with Crippen molar-refractivity contribution in [2.75, 3.05) is 5.32 Å². The van der Waals surface area contributed by atoms with E-state index in [1.165, 1.54) is 0 Å². The van der Waals surface area contributed by atoms with Crippen molar-refractivity contribution >= 4 is 35.0 Å². The van der Waals surface area contributed by atoms with Gasteiger partial charge in [0, 0.05) is 5.69 Å². The first kappa shape index (κ1) is 17.7. The van der Waals surface area contributed by atoms with Gasteiger partial charge in [0.15, 0.2) is 5.11 Å². The number of hydrazine groups is 1. The Labute approximate surface area is 153 Å². The van der Waals surface area contributed by atoms with Crippen LogP contribution in [0.5, 0.6) is 0 Å². The Morgan fingerprint density at radius 2 is 1.80 bits per heavy atom. The molecule has 1 aromatic rings. The van der Waals surface area contributed by atoms with E-state index in [0.717, 1.165) is 34.7 Å². The Hall–Kier alpha value is -2.15. The molecule has 3 rings (SSSR count). The van der Waals surface area contributed by atoms with Gasteiger partial charge in [0.25, 0.3) is 5.91 Å². The summed E-state index contributed by atoms with van der Waals surface area (Å²) >= 11 is 5.28. The van der Waals surface area contributed by atoms with Gasteiger partial charge in [-0.05, 0) is 80.9 Å². The first-order valence-electron chi connectivity index (χ1n) is 8.62. The average Bonchev–Trinajstić information content (AvgIpc) is 2.74. The van der Waals surface area contributed by atoms with Gasteiger partial charge in [-0.15, -0.1) is 0 Å². The van der Waals surface area contributed by atoms with Crippen molar-refractivity contribution in [3.8, 4) is 0 Å². The standard InChI is InChI=1S/C18H24N4O2S/c1-11-4-6-18(7-5-11)15(23)22(17(24)20-18)21-16(25)19-14-9-12(2)8-13(3)10-14/h8-11H,4-7H2,1-3H3,(H,20,24)(H2,19,21,25). The molecule has 0 radical (unpaired) electrons. The molecule has 2 fully saturated rings. The highest BCUT2D eigenvalue weighted by atomic mass is 32.1. The molecule has 1 saturated heterocycles. The molecule has 0 aromatic heterocycles. The zero-order valence-electron chi connectivity index (χ0n) is 14.8. The average molecular weight is 360 g/mol. The van der Waals surface area contributed by atoms with Gasteiger partial charge in [-0.25, -0.2) is 4.79 Å². The largest absolute Gasteiger partial charge is 0.344 e.